The smallest absolute Gasteiger partial charge is 0.247 e. The van der Waals surface area contributed by atoms with Crippen LogP contribution in [0.15, 0.2) is 42.5 Å². The summed E-state index contributed by atoms with van der Waals surface area (Å²) in [5, 5.41) is 21.1. The number of amides is 3. The van der Waals surface area contributed by atoms with Crippen molar-refractivity contribution < 1.29 is 19.5 Å². The standard InChI is InChI=1S/C28H40N4O4/c1-4-20(5-2)27(35)32(28(36)24-11-8-14-30-24)25(26(34)31-18-23(33)17-29-3)16-19-12-13-21-9-6-7-10-22(21)15-19/h6-7,9-10,12-13,15,20,23-25,29-30,33H,4-5,8,11,14,16-18H2,1-3H3,(H,31,34)/t23?,24-,25+/m0/s1. The van der Waals surface area contributed by atoms with Gasteiger partial charge in [-0.1, -0.05) is 56.3 Å². The van der Waals surface area contributed by atoms with Gasteiger partial charge in [0.25, 0.3) is 0 Å². The van der Waals surface area contributed by atoms with Gasteiger partial charge in [0.15, 0.2) is 0 Å². The van der Waals surface area contributed by atoms with Crippen LogP contribution in [0.2, 0.25) is 0 Å². The molecule has 0 radical (unpaired) electrons. The quantitative estimate of drug-likeness (QED) is 0.358. The van der Waals surface area contributed by atoms with Gasteiger partial charge in [0.1, 0.15) is 6.04 Å². The third kappa shape index (κ3) is 6.90. The molecule has 0 saturated carbocycles. The molecule has 1 aliphatic rings. The van der Waals surface area contributed by atoms with Crippen LogP contribution in [0.5, 0.6) is 0 Å². The number of nitrogens with one attached hydrogen (secondary N) is 3. The normalized spacial score (nSPS) is 17.2. The molecule has 1 heterocycles. The van der Waals surface area contributed by atoms with E-state index in [-0.39, 0.29) is 30.7 Å². The SMILES string of the molecule is CCC(CC)C(=O)N(C(=O)[C@@H]1CCCN1)[C@H](Cc1ccc2ccccc2c1)C(=O)NCC(O)CNC. The number of carbonyl (C=O) groups excluding carboxylic acids is 3. The number of carbonyl (C=O) groups is 3. The van der Waals surface area contributed by atoms with Crippen LogP contribution in [0.1, 0.15) is 45.1 Å². The summed E-state index contributed by atoms with van der Waals surface area (Å²) < 4.78 is 0. The second-order valence-corrected chi connectivity index (χ2v) is 9.57. The molecular weight excluding hydrogens is 456 g/mol. The molecule has 3 rings (SSSR count). The monoisotopic (exact) mass is 496 g/mol. The largest absolute Gasteiger partial charge is 0.390 e. The van der Waals surface area contributed by atoms with Gasteiger partial charge in [-0.25, -0.2) is 0 Å². The number of hydrogen-bond donors (Lipinski definition) is 4. The van der Waals surface area contributed by atoms with Gasteiger partial charge >= 0.3 is 0 Å². The summed E-state index contributed by atoms with van der Waals surface area (Å²) in [5.41, 5.74) is 0.860. The second-order valence-electron chi connectivity index (χ2n) is 9.57. The first-order chi connectivity index (χ1) is 17.4. The Labute approximate surface area is 213 Å². The molecular formula is C28H40N4O4. The van der Waals surface area contributed by atoms with Gasteiger partial charge in [-0.15, -0.1) is 0 Å². The van der Waals surface area contributed by atoms with Gasteiger partial charge < -0.3 is 21.1 Å². The Morgan fingerprint density at radius 1 is 1.08 bits per heavy atom. The van der Waals surface area contributed by atoms with E-state index in [1.165, 1.54) is 4.90 Å². The summed E-state index contributed by atoms with van der Waals surface area (Å²) >= 11 is 0. The first-order valence-electron chi connectivity index (χ1n) is 13.1. The highest BCUT2D eigenvalue weighted by molar-refractivity contribution is 6.03. The van der Waals surface area contributed by atoms with E-state index in [1.54, 1.807) is 7.05 Å². The fourth-order valence-corrected chi connectivity index (χ4v) is 4.85. The minimum atomic E-state index is -1.02. The number of aliphatic hydroxyl groups excluding tert-OH is 1. The Balaban J connectivity index is 1.98. The molecule has 2 aromatic carbocycles. The van der Waals surface area contributed by atoms with Crippen molar-refractivity contribution in [2.45, 2.75) is 64.1 Å². The minimum Gasteiger partial charge on any atom is -0.390 e. The van der Waals surface area contributed by atoms with Gasteiger partial charge in [0.2, 0.25) is 17.7 Å². The number of nitrogens with zero attached hydrogens (tertiary/aromatic N) is 1. The van der Waals surface area contributed by atoms with E-state index in [1.807, 2.05) is 56.3 Å². The number of rotatable bonds is 12. The lowest BCUT2D eigenvalue weighted by molar-refractivity contribution is -0.155. The second kappa shape index (κ2) is 13.5. The molecule has 36 heavy (non-hydrogen) atoms. The Hall–Kier alpha value is -2.81. The van der Waals surface area contributed by atoms with Crippen molar-refractivity contribution in [3.8, 4) is 0 Å². The fraction of sp³-hybridized carbons (Fsp3) is 0.536. The van der Waals surface area contributed by atoms with Crippen molar-refractivity contribution in [3.05, 3.63) is 48.0 Å². The summed E-state index contributed by atoms with van der Waals surface area (Å²) in [7, 11) is 1.72. The van der Waals surface area contributed by atoms with Gasteiger partial charge in [0.05, 0.1) is 12.1 Å². The molecule has 196 valence electrons. The Morgan fingerprint density at radius 3 is 2.44 bits per heavy atom. The van der Waals surface area contributed by atoms with E-state index in [4.69, 9.17) is 0 Å². The molecule has 0 aromatic heterocycles. The van der Waals surface area contributed by atoms with Crippen LogP contribution >= 0.6 is 0 Å². The molecule has 1 fully saturated rings. The van der Waals surface area contributed by atoms with Crippen LogP contribution in [0.4, 0.5) is 0 Å². The molecule has 4 N–H and O–H groups in total. The Morgan fingerprint density at radius 2 is 1.81 bits per heavy atom. The number of likely N-dealkylation sites (N-methyl/N-ethyl adjacent to an activating group) is 1. The summed E-state index contributed by atoms with van der Waals surface area (Å²) in [6, 6.07) is 12.4. The highest BCUT2D eigenvalue weighted by Gasteiger charge is 2.40. The summed E-state index contributed by atoms with van der Waals surface area (Å²) in [6.07, 6.45) is 2.07. The van der Waals surface area contributed by atoms with Gasteiger partial charge in [-0.2, -0.15) is 0 Å². The first kappa shape index (κ1) is 27.8. The lowest BCUT2D eigenvalue weighted by atomic mass is 9.96. The zero-order valence-electron chi connectivity index (χ0n) is 21.6. The Kier molecular flexibility index (Phi) is 10.4. The number of benzene rings is 2. The van der Waals surface area contributed by atoms with Crippen LogP contribution in [-0.2, 0) is 20.8 Å². The van der Waals surface area contributed by atoms with Crippen molar-refractivity contribution >= 4 is 28.5 Å². The van der Waals surface area contributed by atoms with E-state index in [2.05, 4.69) is 16.0 Å². The third-order valence-corrected chi connectivity index (χ3v) is 6.98. The molecule has 1 aliphatic heterocycles. The van der Waals surface area contributed by atoms with E-state index >= 15 is 0 Å². The zero-order chi connectivity index (χ0) is 26.1. The predicted octanol–water partition coefficient (Wildman–Crippen LogP) is 1.99. The molecule has 3 amide bonds. The zero-order valence-corrected chi connectivity index (χ0v) is 21.6. The summed E-state index contributed by atoms with van der Waals surface area (Å²) in [5.74, 6) is -1.45. The van der Waals surface area contributed by atoms with E-state index in [9.17, 15) is 19.5 Å². The van der Waals surface area contributed by atoms with Crippen LogP contribution in [-0.4, -0.2) is 72.6 Å². The van der Waals surface area contributed by atoms with Gasteiger partial charge in [0, 0.05) is 25.4 Å². The first-order valence-corrected chi connectivity index (χ1v) is 13.1. The highest BCUT2D eigenvalue weighted by Crippen LogP contribution is 2.23. The van der Waals surface area contributed by atoms with Crippen molar-refractivity contribution in [1.82, 2.24) is 20.9 Å². The molecule has 8 heteroatoms. The van der Waals surface area contributed by atoms with Crippen molar-refractivity contribution in [2.75, 3.05) is 26.7 Å². The van der Waals surface area contributed by atoms with Gasteiger partial charge in [-0.05, 0) is 55.6 Å². The van der Waals surface area contributed by atoms with Crippen LogP contribution in [0, 0.1) is 5.92 Å². The van der Waals surface area contributed by atoms with Crippen LogP contribution < -0.4 is 16.0 Å². The Bertz CT molecular complexity index is 1020. The lowest BCUT2D eigenvalue weighted by Crippen LogP contribution is -2.59. The molecule has 1 unspecified atom stereocenters. The molecule has 0 aliphatic carbocycles. The highest BCUT2D eigenvalue weighted by atomic mass is 16.3. The maximum Gasteiger partial charge on any atom is 0.247 e. The number of imide groups is 1. The lowest BCUT2D eigenvalue weighted by Gasteiger charge is -2.34. The molecule has 2 aromatic rings. The average Bonchev–Trinajstić information content (AvgIpc) is 3.43. The van der Waals surface area contributed by atoms with Crippen LogP contribution in [0.25, 0.3) is 10.8 Å². The topological polar surface area (TPSA) is 111 Å². The van der Waals surface area contributed by atoms with E-state index in [0.29, 0.717) is 32.4 Å². The summed E-state index contributed by atoms with van der Waals surface area (Å²) in [6.45, 7) is 4.90. The molecule has 8 nitrogen and oxygen atoms in total. The van der Waals surface area contributed by atoms with Gasteiger partial charge in [-0.3, -0.25) is 19.3 Å². The maximum absolute atomic E-state index is 13.7. The number of fused-ring (bicyclic) bond motifs is 1. The van der Waals surface area contributed by atoms with Crippen molar-refractivity contribution in [3.63, 3.8) is 0 Å². The molecule has 0 spiro atoms. The average molecular weight is 497 g/mol. The van der Waals surface area contributed by atoms with Crippen molar-refractivity contribution in [2.24, 2.45) is 5.92 Å². The number of aliphatic hydroxyl groups is 1. The molecule has 1 saturated heterocycles. The minimum absolute atomic E-state index is 0.0246. The predicted molar refractivity (Wildman–Crippen MR) is 141 cm³/mol. The molecule has 0 bridgehead atoms. The maximum atomic E-state index is 13.7. The fourth-order valence-electron chi connectivity index (χ4n) is 4.85. The van der Waals surface area contributed by atoms with Crippen LogP contribution in [0.3, 0.4) is 0 Å². The van der Waals surface area contributed by atoms with E-state index in [0.717, 1.165) is 22.8 Å². The molecule has 3 atom stereocenters. The van der Waals surface area contributed by atoms with E-state index < -0.39 is 24.1 Å². The number of hydrogen-bond acceptors (Lipinski definition) is 6. The third-order valence-electron chi connectivity index (χ3n) is 6.98. The van der Waals surface area contributed by atoms with Crippen molar-refractivity contribution in [1.29, 1.82) is 0 Å². The summed E-state index contributed by atoms with van der Waals surface area (Å²) in [4.78, 5) is 42.2.